The van der Waals surface area contributed by atoms with E-state index in [9.17, 15) is 13.2 Å². The zero-order valence-corrected chi connectivity index (χ0v) is 13.5. The number of halogens is 1. The first-order valence-electron chi connectivity index (χ1n) is 7.22. The fourth-order valence-electron chi connectivity index (χ4n) is 2.54. The zero-order chi connectivity index (χ0) is 15.2. The van der Waals surface area contributed by atoms with Gasteiger partial charge in [0.15, 0.2) is 0 Å². The minimum absolute atomic E-state index is 0.00492. The number of amides is 1. The highest BCUT2D eigenvalue weighted by molar-refractivity contribution is 8.13. The molecule has 0 radical (unpaired) electrons. The van der Waals surface area contributed by atoms with E-state index in [1.165, 1.54) is 25.0 Å². The summed E-state index contributed by atoms with van der Waals surface area (Å²) in [6, 6.07) is 4.94. The van der Waals surface area contributed by atoms with Crippen molar-refractivity contribution in [3.63, 3.8) is 0 Å². The Hall–Kier alpha value is -1.07. The van der Waals surface area contributed by atoms with Crippen molar-refractivity contribution in [3.05, 3.63) is 29.3 Å². The fraction of sp³-hybridized carbons (Fsp3) is 0.533. The highest BCUT2D eigenvalue weighted by atomic mass is 35.7. The molecule has 0 atom stereocenters. The monoisotopic (exact) mass is 327 g/mol. The van der Waals surface area contributed by atoms with Crippen molar-refractivity contribution in [3.8, 4) is 0 Å². The molecule has 114 valence electrons. The number of hydrogen-bond acceptors (Lipinski definition) is 3. The number of hydrogen-bond donors (Lipinski definition) is 0. The maximum Gasteiger partial charge on any atom is 0.261 e. The van der Waals surface area contributed by atoms with Crippen LogP contribution in [0.3, 0.4) is 0 Å². The average Bonchev–Trinajstić information content (AvgIpc) is 3.24. The number of nitrogens with zero attached hydrogens (tertiary/aromatic N) is 1. The lowest BCUT2D eigenvalue weighted by molar-refractivity contribution is 0.0734. The van der Waals surface area contributed by atoms with Crippen molar-refractivity contribution in [2.75, 3.05) is 6.54 Å². The van der Waals surface area contributed by atoms with Crippen molar-refractivity contribution in [2.45, 2.75) is 43.5 Å². The van der Waals surface area contributed by atoms with Crippen LogP contribution < -0.4 is 0 Å². The highest BCUT2D eigenvalue weighted by Gasteiger charge is 2.37. The molecule has 0 saturated heterocycles. The fourth-order valence-corrected chi connectivity index (χ4v) is 3.40. The summed E-state index contributed by atoms with van der Waals surface area (Å²) in [5.41, 5.74) is 1.14. The quantitative estimate of drug-likeness (QED) is 0.781. The molecule has 0 bridgehead atoms. The van der Waals surface area contributed by atoms with E-state index in [0.717, 1.165) is 24.9 Å². The third-order valence-corrected chi connectivity index (χ3v) is 5.31. The Morgan fingerprint density at radius 2 is 1.90 bits per heavy atom. The molecule has 3 rings (SSSR count). The molecule has 21 heavy (non-hydrogen) atoms. The van der Waals surface area contributed by atoms with E-state index in [4.69, 9.17) is 10.7 Å². The van der Waals surface area contributed by atoms with E-state index in [1.54, 1.807) is 13.0 Å². The third kappa shape index (κ3) is 3.58. The summed E-state index contributed by atoms with van der Waals surface area (Å²) in [5, 5.41) is 0. The minimum Gasteiger partial charge on any atom is -0.335 e. The average molecular weight is 328 g/mol. The van der Waals surface area contributed by atoms with E-state index in [1.807, 2.05) is 4.90 Å². The van der Waals surface area contributed by atoms with Crippen molar-refractivity contribution in [1.29, 1.82) is 0 Å². The Bertz CT molecular complexity index is 678. The SMILES string of the molecule is Cc1cc(C(=O)N(CC2CC2)C2CC2)cc(S(=O)(=O)Cl)c1. The largest absolute Gasteiger partial charge is 0.335 e. The summed E-state index contributed by atoms with van der Waals surface area (Å²) in [5.74, 6) is 0.547. The highest BCUT2D eigenvalue weighted by Crippen LogP contribution is 2.36. The Kier molecular flexibility index (Phi) is 3.74. The Morgan fingerprint density at radius 3 is 2.43 bits per heavy atom. The first-order valence-corrected chi connectivity index (χ1v) is 9.53. The summed E-state index contributed by atoms with van der Waals surface area (Å²) in [6.07, 6.45) is 4.47. The molecule has 0 aromatic heterocycles. The van der Waals surface area contributed by atoms with Crippen LogP contribution in [0.15, 0.2) is 23.1 Å². The molecule has 0 heterocycles. The molecule has 6 heteroatoms. The molecule has 0 unspecified atom stereocenters. The first-order chi connectivity index (χ1) is 9.84. The lowest BCUT2D eigenvalue weighted by Gasteiger charge is -2.22. The zero-order valence-electron chi connectivity index (χ0n) is 11.9. The van der Waals surface area contributed by atoms with Crippen LogP contribution in [0.2, 0.25) is 0 Å². The predicted octanol–water partition coefficient (Wildman–Crippen LogP) is 2.94. The van der Waals surface area contributed by atoms with Gasteiger partial charge in [0.25, 0.3) is 15.0 Å². The second kappa shape index (κ2) is 5.29. The lowest BCUT2D eigenvalue weighted by atomic mass is 10.1. The van der Waals surface area contributed by atoms with E-state index in [2.05, 4.69) is 0 Å². The number of rotatable bonds is 5. The van der Waals surface area contributed by atoms with Crippen molar-refractivity contribution < 1.29 is 13.2 Å². The number of carbonyl (C=O) groups excluding carboxylic acids is 1. The molecule has 0 aliphatic heterocycles. The van der Waals surface area contributed by atoms with E-state index in [-0.39, 0.29) is 10.8 Å². The normalized spacial score (nSPS) is 18.6. The summed E-state index contributed by atoms with van der Waals surface area (Å²) < 4.78 is 23.0. The van der Waals surface area contributed by atoms with Crippen LogP contribution >= 0.6 is 10.7 Å². The van der Waals surface area contributed by atoms with Gasteiger partial charge in [-0.05, 0) is 62.3 Å². The van der Waals surface area contributed by atoms with Crippen molar-refractivity contribution in [1.82, 2.24) is 4.90 Å². The van der Waals surface area contributed by atoms with E-state index in [0.29, 0.717) is 17.5 Å². The maximum atomic E-state index is 12.7. The van der Waals surface area contributed by atoms with Crippen LogP contribution in [0.1, 0.15) is 41.6 Å². The van der Waals surface area contributed by atoms with E-state index >= 15 is 0 Å². The van der Waals surface area contributed by atoms with Gasteiger partial charge in [-0.1, -0.05) is 0 Å². The van der Waals surface area contributed by atoms with Crippen LogP contribution in [0.4, 0.5) is 0 Å². The summed E-state index contributed by atoms with van der Waals surface area (Å²) in [6.45, 7) is 2.56. The molecule has 1 amide bonds. The van der Waals surface area contributed by atoms with Crippen LogP contribution in [-0.4, -0.2) is 31.8 Å². The molecule has 2 aliphatic rings. The smallest absolute Gasteiger partial charge is 0.261 e. The molecule has 4 nitrogen and oxygen atoms in total. The van der Waals surface area contributed by atoms with Gasteiger partial charge in [0.05, 0.1) is 4.90 Å². The van der Waals surface area contributed by atoms with Gasteiger partial charge in [-0.25, -0.2) is 8.42 Å². The van der Waals surface area contributed by atoms with Gasteiger partial charge < -0.3 is 4.90 Å². The van der Waals surface area contributed by atoms with E-state index < -0.39 is 9.05 Å². The molecular formula is C15H18ClNO3S. The first kappa shape index (κ1) is 14.9. The second-order valence-corrected chi connectivity index (χ2v) is 8.67. The molecule has 2 aliphatic carbocycles. The molecular weight excluding hydrogens is 310 g/mol. The predicted molar refractivity (Wildman–Crippen MR) is 81.0 cm³/mol. The molecule has 2 saturated carbocycles. The Labute approximate surface area is 129 Å². The van der Waals surface area contributed by atoms with Crippen molar-refractivity contribution >= 4 is 25.6 Å². The second-order valence-electron chi connectivity index (χ2n) is 6.10. The number of aryl methyl sites for hydroxylation is 1. The van der Waals surface area contributed by atoms with Crippen LogP contribution in [-0.2, 0) is 9.05 Å². The van der Waals surface area contributed by atoms with Gasteiger partial charge in [-0.15, -0.1) is 0 Å². The number of benzene rings is 1. The molecule has 2 fully saturated rings. The van der Waals surface area contributed by atoms with Crippen molar-refractivity contribution in [2.24, 2.45) is 5.92 Å². The summed E-state index contributed by atoms with van der Waals surface area (Å²) in [4.78, 5) is 14.6. The van der Waals surface area contributed by atoms with Gasteiger partial charge in [0.1, 0.15) is 0 Å². The summed E-state index contributed by atoms with van der Waals surface area (Å²) in [7, 11) is 1.58. The topological polar surface area (TPSA) is 54.5 Å². The maximum absolute atomic E-state index is 12.7. The molecule has 1 aromatic rings. The molecule has 0 N–H and O–H groups in total. The summed E-state index contributed by atoms with van der Waals surface area (Å²) >= 11 is 0. The lowest BCUT2D eigenvalue weighted by Crippen LogP contribution is -2.35. The van der Waals surface area contributed by atoms with Gasteiger partial charge in [0.2, 0.25) is 0 Å². The number of carbonyl (C=O) groups is 1. The van der Waals surface area contributed by atoms with Crippen LogP contribution in [0.25, 0.3) is 0 Å². The van der Waals surface area contributed by atoms with Crippen LogP contribution in [0, 0.1) is 12.8 Å². The Morgan fingerprint density at radius 1 is 1.24 bits per heavy atom. The standard InChI is InChI=1S/C15H18ClNO3S/c1-10-6-12(8-14(7-10)21(16,19)20)15(18)17(13-4-5-13)9-11-2-3-11/h6-8,11,13H,2-5,9H2,1H3. The third-order valence-electron chi connectivity index (χ3n) is 3.98. The van der Waals surface area contributed by atoms with Gasteiger partial charge >= 0.3 is 0 Å². The van der Waals surface area contributed by atoms with Gasteiger partial charge in [-0.2, -0.15) is 0 Å². The van der Waals surface area contributed by atoms with Crippen LogP contribution in [0.5, 0.6) is 0 Å². The van der Waals surface area contributed by atoms with Gasteiger partial charge in [0, 0.05) is 28.8 Å². The van der Waals surface area contributed by atoms with Gasteiger partial charge in [-0.3, -0.25) is 4.79 Å². The molecule has 1 aromatic carbocycles. The molecule has 0 spiro atoms. The minimum atomic E-state index is -3.82. The Balaban J connectivity index is 1.90.